The van der Waals surface area contributed by atoms with E-state index >= 15 is 0 Å². The summed E-state index contributed by atoms with van der Waals surface area (Å²) in [6, 6.07) is 8.56. The van der Waals surface area contributed by atoms with Crippen LogP contribution >= 0.6 is 11.6 Å². The van der Waals surface area contributed by atoms with Crippen LogP contribution in [0.5, 0.6) is 5.75 Å². The predicted octanol–water partition coefficient (Wildman–Crippen LogP) is 4.31. The van der Waals surface area contributed by atoms with Crippen LogP contribution in [0.25, 0.3) is 6.08 Å². The van der Waals surface area contributed by atoms with E-state index in [0.29, 0.717) is 24.3 Å². The predicted molar refractivity (Wildman–Crippen MR) is 115 cm³/mol. The Morgan fingerprint density at radius 3 is 2.57 bits per heavy atom. The smallest absolute Gasteiger partial charge is 0.248 e. The number of hydrogen-bond acceptors (Lipinski definition) is 4. The van der Waals surface area contributed by atoms with Crippen molar-refractivity contribution >= 4 is 39.3 Å². The van der Waals surface area contributed by atoms with Gasteiger partial charge in [-0.05, 0) is 54.8 Å². The summed E-state index contributed by atoms with van der Waals surface area (Å²) in [4.78, 5) is 12.3. The molecule has 0 aromatic heterocycles. The molecule has 0 atom stereocenters. The van der Waals surface area contributed by atoms with Crippen LogP contribution < -0.4 is 10.1 Å². The second-order valence-corrected chi connectivity index (χ2v) is 9.14. The average molecular weight is 453 g/mol. The van der Waals surface area contributed by atoms with Crippen LogP contribution in [0.2, 0.25) is 5.02 Å². The maximum atomic E-state index is 13.2. The second-order valence-electron chi connectivity index (χ2n) is 6.83. The number of benzene rings is 2. The molecule has 1 heterocycles. The van der Waals surface area contributed by atoms with E-state index < -0.39 is 21.7 Å². The van der Waals surface area contributed by atoms with Crippen LogP contribution in [0, 0.1) is 5.82 Å². The van der Waals surface area contributed by atoms with E-state index in [-0.39, 0.29) is 15.7 Å². The molecule has 2 aromatic carbocycles. The molecule has 1 saturated heterocycles. The molecule has 1 N–H and O–H groups in total. The number of rotatable bonds is 6. The molecule has 3 rings (SSSR count). The summed E-state index contributed by atoms with van der Waals surface area (Å²) in [5, 5.41) is 2.59. The number of methoxy groups -OCH3 is 1. The Bertz CT molecular complexity index is 1070. The zero-order valence-electron chi connectivity index (χ0n) is 16.4. The monoisotopic (exact) mass is 452 g/mol. The molecule has 0 bridgehead atoms. The maximum absolute atomic E-state index is 13.2. The summed E-state index contributed by atoms with van der Waals surface area (Å²) in [7, 11) is -2.34. The Hall–Kier alpha value is -2.42. The Balaban J connectivity index is 1.79. The fourth-order valence-electron chi connectivity index (χ4n) is 3.17. The lowest BCUT2D eigenvalue weighted by Gasteiger charge is -2.26. The van der Waals surface area contributed by atoms with E-state index in [0.717, 1.165) is 19.3 Å². The lowest BCUT2D eigenvalue weighted by atomic mass is 10.2. The molecular weight excluding hydrogens is 431 g/mol. The number of nitrogens with one attached hydrogen (secondary N) is 1. The number of carbonyl (C=O) groups is 1. The number of sulfonamides is 1. The lowest BCUT2D eigenvalue weighted by molar-refractivity contribution is -0.111. The molecule has 1 amide bonds. The summed E-state index contributed by atoms with van der Waals surface area (Å²) >= 11 is 5.73. The normalized spacial score (nSPS) is 15.3. The number of piperidine rings is 1. The standard InChI is InChI=1S/C21H22ClFN2O4S/c1-29-19-9-7-16(14-20(19)30(27,28)25-11-3-2-4-12-25)24-21(26)10-6-15-5-8-18(23)17(22)13-15/h5-10,13-14H,2-4,11-12H2,1H3,(H,24,26)/b10-6+. The van der Waals surface area contributed by atoms with E-state index in [1.807, 2.05) is 0 Å². The topological polar surface area (TPSA) is 75.7 Å². The first kappa shape index (κ1) is 22.3. The molecule has 1 aliphatic heterocycles. The molecule has 0 saturated carbocycles. The van der Waals surface area contributed by atoms with E-state index in [2.05, 4.69) is 5.32 Å². The Morgan fingerprint density at radius 1 is 1.17 bits per heavy atom. The molecule has 0 spiro atoms. The summed E-state index contributed by atoms with van der Waals surface area (Å²) < 4.78 is 46.0. The highest BCUT2D eigenvalue weighted by atomic mass is 35.5. The number of carbonyl (C=O) groups excluding carboxylic acids is 1. The van der Waals surface area contributed by atoms with Gasteiger partial charge < -0.3 is 10.1 Å². The molecule has 6 nitrogen and oxygen atoms in total. The summed E-state index contributed by atoms with van der Waals surface area (Å²) in [5.74, 6) is -0.795. The third-order valence-corrected chi connectivity index (χ3v) is 6.94. The Kier molecular flexibility index (Phi) is 7.12. The SMILES string of the molecule is COc1ccc(NC(=O)/C=C/c2ccc(F)c(Cl)c2)cc1S(=O)(=O)N1CCCCC1. The first-order chi connectivity index (χ1) is 14.3. The molecule has 0 unspecified atom stereocenters. The Labute approximate surface area is 180 Å². The van der Waals surface area contributed by atoms with Gasteiger partial charge in [-0.25, -0.2) is 12.8 Å². The van der Waals surface area contributed by atoms with Gasteiger partial charge in [0.05, 0.1) is 12.1 Å². The first-order valence-corrected chi connectivity index (χ1v) is 11.3. The minimum absolute atomic E-state index is 0.0130. The van der Waals surface area contributed by atoms with E-state index in [9.17, 15) is 17.6 Å². The number of nitrogens with zero attached hydrogens (tertiary/aromatic N) is 1. The van der Waals surface area contributed by atoms with Crippen LogP contribution in [-0.2, 0) is 14.8 Å². The van der Waals surface area contributed by atoms with Gasteiger partial charge in [0.2, 0.25) is 15.9 Å². The van der Waals surface area contributed by atoms with Gasteiger partial charge >= 0.3 is 0 Å². The summed E-state index contributed by atoms with van der Waals surface area (Å²) in [6.45, 7) is 0.927. The third-order valence-electron chi connectivity index (χ3n) is 4.73. The molecule has 160 valence electrons. The summed E-state index contributed by atoms with van der Waals surface area (Å²) in [6.07, 6.45) is 5.37. The molecule has 9 heteroatoms. The van der Waals surface area contributed by atoms with Crippen molar-refractivity contribution in [3.63, 3.8) is 0 Å². The van der Waals surface area contributed by atoms with Crippen molar-refractivity contribution in [1.82, 2.24) is 4.31 Å². The van der Waals surface area contributed by atoms with Crippen molar-refractivity contribution in [2.24, 2.45) is 0 Å². The van der Waals surface area contributed by atoms with Crippen molar-refractivity contribution in [3.8, 4) is 5.75 Å². The van der Waals surface area contributed by atoms with Crippen LogP contribution in [0.1, 0.15) is 24.8 Å². The Morgan fingerprint density at radius 2 is 1.90 bits per heavy atom. The van der Waals surface area contributed by atoms with Gasteiger partial charge in [0.15, 0.2) is 0 Å². The fourth-order valence-corrected chi connectivity index (χ4v) is 5.06. The van der Waals surface area contributed by atoms with Crippen molar-refractivity contribution in [2.75, 3.05) is 25.5 Å². The molecule has 30 heavy (non-hydrogen) atoms. The quantitative estimate of drug-likeness (QED) is 0.662. The first-order valence-electron chi connectivity index (χ1n) is 9.43. The molecule has 2 aromatic rings. The molecule has 1 fully saturated rings. The highest BCUT2D eigenvalue weighted by Crippen LogP contribution is 2.31. The van der Waals surface area contributed by atoms with Gasteiger partial charge in [-0.3, -0.25) is 4.79 Å². The minimum atomic E-state index is -3.74. The summed E-state index contributed by atoms with van der Waals surface area (Å²) in [5.41, 5.74) is 0.873. The number of anilines is 1. The van der Waals surface area contributed by atoms with Crippen LogP contribution in [0.4, 0.5) is 10.1 Å². The van der Waals surface area contributed by atoms with Gasteiger partial charge in [-0.2, -0.15) is 4.31 Å². The zero-order chi connectivity index (χ0) is 21.7. The zero-order valence-corrected chi connectivity index (χ0v) is 18.0. The lowest BCUT2D eigenvalue weighted by Crippen LogP contribution is -2.35. The second kappa shape index (κ2) is 9.59. The number of ether oxygens (including phenoxy) is 1. The molecule has 1 aliphatic rings. The molecular formula is C21H22ClFN2O4S. The van der Waals surface area contributed by atoms with Gasteiger partial charge in [0, 0.05) is 24.9 Å². The largest absolute Gasteiger partial charge is 0.495 e. The van der Waals surface area contributed by atoms with Crippen molar-refractivity contribution in [3.05, 3.63) is 58.9 Å². The number of amides is 1. The van der Waals surface area contributed by atoms with Gasteiger partial charge in [0.25, 0.3) is 0 Å². The highest BCUT2D eigenvalue weighted by Gasteiger charge is 2.29. The maximum Gasteiger partial charge on any atom is 0.248 e. The van der Waals surface area contributed by atoms with Crippen LogP contribution in [0.3, 0.4) is 0 Å². The van der Waals surface area contributed by atoms with Gasteiger partial charge in [-0.1, -0.05) is 24.1 Å². The minimum Gasteiger partial charge on any atom is -0.495 e. The van der Waals surface area contributed by atoms with Gasteiger partial charge in [0.1, 0.15) is 16.5 Å². The van der Waals surface area contributed by atoms with Crippen LogP contribution in [-0.4, -0.2) is 38.8 Å². The highest BCUT2D eigenvalue weighted by molar-refractivity contribution is 7.89. The van der Waals surface area contributed by atoms with E-state index in [1.54, 1.807) is 6.07 Å². The third kappa shape index (κ3) is 5.19. The average Bonchev–Trinajstić information content (AvgIpc) is 2.75. The van der Waals surface area contributed by atoms with Crippen molar-refractivity contribution < 1.29 is 22.3 Å². The molecule has 0 aliphatic carbocycles. The molecule has 0 radical (unpaired) electrons. The van der Waals surface area contributed by atoms with Gasteiger partial charge in [-0.15, -0.1) is 0 Å². The fraction of sp³-hybridized carbons (Fsp3) is 0.286. The van der Waals surface area contributed by atoms with E-state index in [1.165, 1.54) is 53.9 Å². The number of hydrogen-bond donors (Lipinski definition) is 1. The van der Waals surface area contributed by atoms with Crippen molar-refractivity contribution in [2.45, 2.75) is 24.2 Å². The van der Waals surface area contributed by atoms with Crippen molar-refractivity contribution in [1.29, 1.82) is 0 Å². The van der Waals surface area contributed by atoms with Crippen LogP contribution in [0.15, 0.2) is 47.4 Å². The number of halogens is 2. The van der Waals surface area contributed by atoms with E-state index in [4.69, 9.17) is 16.3 Å².